The molecule has 0 radical (unpaired) electrons. The first-order chi connectivity index (χ1) is 13.7. The average molecular weight is 377 g/mol. The van der Waals surface area contributed by atoms with E-state index in [1.54, 1.807) is 24.3 Å². The van der Waals surface area contributed by atoms with Gasteiger partial charge in [-0.05, 0) is 29.3 Å². The van der Waals surface area contributed by atoms with Gasteiger partial charge in [0.25, 0.3) is 11.8 Å². The zero-order chi connectivity index (χ0) is 19.1. The van der Waals surface area contributed by atoms with Gasteiger partial charge in [0, 0.05) is 39.1 Å². The molecule has 0 bridgehead atoms. The molecule has 0 aliphatic carbocycles. The second-order valence-electron chi connectivity index (χ2n) is 7.66. The third-order valence-corrected chi connectivity index (χ3v) is 5.84. The molecule has 144 valence electrons. The summed E-state index contributed by atoms with van der Waals surface area (Å²) in [7, 11) is 0. The highest BCUT2D eigenvalue weighted by Crippen LogP contribution is 2.27. The minimum Gasteiger partial charge on any atom is -0.493 e. The number of fused-ring (bicyclic) bond motifs is 2. The summed E-state index contributed by atoms with van der Waals surface area (Å²) in [4.78, 5) is 31.1. The summed E-state index contributed by atoms with van der Waals surface area (Å²) in [5.41, 5.74) is 3.67. The number of hydrogen-bond donors (Lipinski definition) is 0. The first-order valence-corrected chi connectivity index (χ1v) is 9.83. The summed E-state index contributed by atoms with van der Waals surface area (Å²) in [5.74, 6) is 0.668. The Kier molecular flexibility index (Phi) is 4.37. The molecule has 28 heavy (non-hydrogen) atoms. The van der Waals surface area contributed by atoms with Crippen LogP contribution in [0.15, 0.2) is 42.5 Å². The van der Waals surface area contributed by atoms with Crippen molar-refractivity contribution in [2.45, 2.75) is 13.0 Å². The van der Waals surface area contributed by atoms with Crippen molar-refractivity contribution in [2.24, 2.45) is 0 Å². The molecule has 3 aliphatic rings. The van der Waals surface area contributed by atoms with Crippen LogP contribution in [0.2, 0.25) is 0 Å². The lowest BCUT2D eigenvalue weighted by atomic mass is 10.1. The molecule has 3 aliphatic heterocycles. The molecule has 0 atom stereocenters. The van der Waals surface area contributed by atoms with E-state index in [2.05, 4.69) is 28.0 Å². The van der Waals surface area contributed by atoms with Gasteiger partial charge in [-0.1, -0.05) is 24.3 Å². The van der Waals surface area contributed by atoms with Crippen LogP contribution in [0, 0.1) is 0 Å². The Hall–Kier alpha value is -2.70. The van der Waals surface area contributed by atoms with E-state index < -0.39 is 0 Å². The first kappa shape index (κ1) is 17.4. The number of benzene rings is 2. The van der Waals surface area contributed by atoms with Crippen LogP contribution in [0.25, 0.3) is 0 Å². The lowest BCUT2D eigenvalue weighted by molar-refractivity contribution is 0.0447. The molecule has 6 nitrogen and oxygen atoms in total. The minimum absolute atomic E-state index is 0.177. The van der Waals surface area contributed by atoms with Gasteiger partial charge in [0.05, 0.1) is 24.4 Å². The van der Waals surface area contributed by atoms with Crippen LogP contribution in [-0.4, -0.2) is 66.0 Å². The molecule has 0 N–H and O–H groups in total. The molecule has 0 unspecified atom stereocenters. The fourth-order valence-electron chi connectivity index (χ4n) is 4.25. The molecular formula is C22H23N3O3. The van der Waals surface area contributed by atoms with Crippen LogP contribution >= 0.6 is 0 Å². The van der Waals surface area contributed by atoms with Gasteiger partial charge in [-0.2, -0.15) is 0 Å². The van der Waals surface area contributed by atoms with Crippen molar-refractivity contribution in [1.82, 2.24) is 14.7 Å². The Morgan fingerprint density at radius 2 is 1.54 bits per heavy atom. The summed E-state index contributed by atoms with van der Waals surface area (Å²) in [5, 5.41) is 0. The van der Waals surface area contributed by atoms with Crippen LogP contribution in [0.4, 0.5) is 0 Å². The number of ether oxygens (including phenoxy) is 1. The largest absolute Gasteiger partial charge is 0.493 e. The number of carbonyl (C=O) groups excluding carboxylic acids is 2. The highest BCUT2D eigenvalue weighted by molar-refractivity contribution is 6.21. The Labute approximate surface area is 164 Å². The van der Waals surface area contributed by atoms with E-state index in [0.29, 0.717) is 17.8 Å². The highest BCUT2D eigenvalue weighted by atomic mass is 16.5. The van der Waals surface area contributed by atoms with Crippen molar-refractivity contribution < 1.29 is 14.3 Å². The predicted octanol–water partition coefficient (Wildman–Crippen LogP) is 1.99. The van der Waals surface area contributed by atoms with Gasteiger partial charge < -0.3 is 4.74 Å². The van der Waals surface area contributed by atoms with E-state index in [4.69, 9.17) is 4.74 Å². The molecule has 1 saturated heterocycles. The Morgan fingerprint density at radius 3 is 2.25 bits per heavy atom. The number of hydrogen-bond acceptors (Lipinski definition) is 5. The third kappa shape index (κ3) is 3.08. The third-order valence-electron chi connectivity index (χ3n) is 5.84. The number of carbonyl (C=O) groups is 2. The number of imide groups is 1. The van der Waals surface area contributed by atoms with Gasteiger partial charge in [0.2, 0.25) is 0 Å². The fraction of sp³-hybridized carbons (Fsp3) is 0.364. The predicted molar refractivity (Wildman–Crippen MR) is 104 cm³/mol. The van der Waals surface area contributed by atoms with Crippen LogP contribution in [0.3, 0.4) is 0 Å². The van der Waals surface area contributed by atoms with Gasteiger partial charge in [-0.3, -0.25) is 24.3 Å². The van der Waals surface area contributed by atoms with Crippen molar-refractivity contribution in [3.8, 4) is 5.75 Å². The Bertz CT molecular complexity index is 899. The van der Waals surface area contributed by atoms with E-state index in [9.17, 15) is 9.59 Å². The molecule has 0 spiro atoms. The summed E-state index contributed by atoms with van der Waals surface area (Å²) in [6.07, 6.45) is 0.997. The molecule has 0 saturated carbocycles. The molecule has 0 aromatic heterocycles. The van der Waals surface area contributed by atoms with Crippen molar-refractivity contribution in [2.75, 3.05) is 39.5 Å². The van der Waals surface area contributed by atoms with Gasteiger partial charge in [-0.15, -0.1) is 0 Å². The number of nitrogens with zero attached hydrogens (tertiary/aromatic N) is 3. The van der Waals surface area contributed by atoms with Crippen molar-refractivity contribution in [1.29, 1.82) is 0 Å². The van der Waals surface area contributed by atoms with Gasteiger partial charge in [0.1, 0.15) is 5.75 Å². The molecular weight excluding hydrogens is 354 g/mol. The van der Waals surface area contributed by atoms with Crippen molar-refractivity contribution in [3.63, 3.8) is 0 Å². The normalized spacial score (nSPS) is 19.6. The lowest BCUT2D eigenvalue weighted by Crippen LogP contribution is -2.50. The number of piperazine rings is 1. The number of amides is 2. The van der Waals surface area contributed by atoms with Gasteiger partial charge in [-0.25, -0.2) is 0 Å². The molecule has 5 rings (SSSR count). The van der Waals surface area contributed by atoms with Crippen LogP contribution in [-0.2, 0) is 13.0 Å². The second kappa shape index (κ2) is 7.04. The maximum absolute atomic E-state index is 12.5. The molecule has 2 amide bonds. The molecule has 3 heterocycles. The quantitative estimate of drug-likeness (QED) is 0.763. The molecule has 2 aromatic rings. The van der Waals surface area contributed by atoms with E-state index in [1.807, 2.05) is 0 Å². The first-order valence-electron chi connectivity index (χ1n) is 9.83. The van der Waals surface area contributed by atoms with Crippen molar-refractivity contribution in [3.05, 3.63) is 64.7 Å². The SMILES string of the molecule is O=C1c2ccccc2C(=O)N1CN1CCN(Cc2ccc3c(c2)CCO3)CC1. The van der Waals surface area contributed by atoms with Crippen LogP contribution < -0.4 is 4.74 Å². The monoisotopic (exact) mass is 377 g/mol. The minimum atomic E-state index is -0.177. The maximum Gasteiger partial charge on any atom is 0.262 e. The number of rotatable bonds is 4. The van der Waals surface area contributed by atoms with Crippen molar-refractivity contribution >= 4 is 11.8 Å². The van der Waals surface area contributed by atoms with Gasteiger partial charge in [0.15, 0.2) is 0 Å². The van der Waals surface area contributed by atoms with E-state index >= 15 is 0 Å². The molecule has 1 fully saturated rings. The molecule has 6 heteroatoms. The zero-order valence-corrected chi connectivity index (χ0v) is 15.8. The Morgan fingerprint density at radius 1 is 0.857 bits per heavy atom. The zero-order valence-electron chi connectivity index (χ0n) is 15.8. The topological polar surface area (TPSA) is 53.1 Å². The van der Waals surface area contributed by atoms with Crippen LogP contribution in [0.1, 0.15) is 31.8 Å². The highest BCUT2D eigenvalue weighted by Gasteiger charge is 2.36. The average Bonchev–Trinajstić information content (AvgIpc) is 3.28. The summed E-state index contributed by atoms with van der Waals surface area (Å²) in [6.45, 7) is 5.64. The Balaban J connectivity index is 1.17. The van der Waals surface area contributed by atoms with E-state index in [1.165, 1.54) is 16.0 Å². The second-order valence-corrected chi connectivity index (χ2v) is 7.66. The van der Waals surface area contributed by atoms with E-state index in [0.717, 1.165) is 51.5 Å². The standard InChI is InChI=1S/C22H23N3O3/c26-21-18-3-1-2-4-19(18)22(27)25(21)15-24-10-8-23(9-11-24)14-16-5-6-20-17(13-16)7-12-28-20/h1-6,13H,7-12,14-15H2. The van der Waals surface area contributed by atoms with Crippen LogP contribution in [0.5, 0.6) is 5.75 Å². The smallest absolute Gasteiger partial charge is 0.262 e. The molecule has 2 aromatic carbocycles. The lowest BCUT2D eigenvalue weighted by Gasteiger charge is -2.36. The van der Waals surface area contributed by atoms with E-state index in [-0.39, 0.29) is 11.8 Å². The van der Waals surface area contributed by atoms with Gasteiger partial charge >= 0.3 is 0 Å². The summed E-state index contributed by atoms with van der Waals surface area (Å²) < 4.78 is 5.58. The summed E-state index contributed by atoms with van der Waals surface area (Å²) in [6, 6.07) is 13.6. The maximum atomic E-state index is 12.5. The fourth-order valence-corrected chi connectivity index (χ4v) is 4.25. The summed E-state index contributed by atoms with van der Waals surface area (Å²) >= 11 is 0.